The van der Waals surface area contributed by atoms with Crippen molar-refractivity contribution >= 4 is 11.3 Å². The van der Waals surface area contributed by atoms with Crippen LogP contribution in [0.15, 0.2) is 35.7 Å². The molecule has 0 aliphatic carbocycles. The lowest BCUT2D eigenvalue weighted by Gasteiger charge is -2.24. The molecule has 0 amide bonds. The second-order valence-corrected chi connectivity index (χ2v) is 6.75. The lowest BCUT2D eigenvalue weighted by Crippen LogP contribution is -2.31. The largest absolute Gasteiger partial charge is 0.483 e. The van der Waals surface area contributed by atoms with E-state index in [2.05, 4.69) is 57.3 Å². The number of hydrogen-bond acceptors (Lipinski definition) is 3. The van der Waals surface area contributed by atoms with Gasteiger partial charge < -0.3 is 10.5 Å². The van der Waals surface area contributed by atoms with Gasteiger partial charge in [-0.05, 0) is 54.0 Å². The summed E-state index contributed by atoms with van der Waals surface area (Å²) in [5.74, 6) is 1.40. The van der Waals surface area contributed by atoms with Crippen LogP contribution in [0.5, 0.6) is 5.75 Å². The number of hydrogen-bond donors (Lipinski definition) is 1. The smallest absolute Gasteiger partial charge is 0.148 e. The summed E-state index contributed by atoms with van der Waals surface area (Å²) in [5, 5.41) is 2.11. The standard InChI is InChI=1S/C18H25NOS/c1-5-16(19)17(18-13(4)9-10-21-18)20-15-8-6-7-14(11-15)12(2)3/h6-12,16-17H,5,19H2,1-4H3. The predicted octanol–water partition coefficient (Wildman–Crippen LogP) is 5.04. The number of rotatable bonds is 6. The second-order valence-electron chi connectivity index (χ2n) is 5.81. The molecule has 2 unspecified atom stereocenters. The Labute approximate surface area is 132 Å². The van der Waals surface area contributed by atoms with E-state index in [9.17, 15) is 0 Å². The SMILES string of the molecule is CCC(N)C(Oc1cccc(C(C)C)c1)c1sccc1C. The molecule has 0 radical (unpaired) electrons. The molecule has 2 rings (SSSR count). The van der Waals surface area contributed by atoms with E-state index < -0.39 is 0 Å². The second kappa shape index (κ2) is 7.10. The van der Waals surface area contributed by atoms with Gasteiger partial charge in [-0.3, -0.25) is 0 Å². The molecule has 0 aliphatic heterocycles. The molecule has 21 heavy (non-hydrogen) atoms. The van der Waals surface area contributed by atoms with Crippen LogP contribution in [0.4, 0.5) is 0 Å². The molecule has 3 heteroatoms. The van der Waals surface area contributed by atoms with Gasteiger partial charge in [-0.15, -0.1) is 11.3 Å². The van der Waals surface area contributed by atoms with Crippen LogP contribution in [-0.4, -0.2) is 6.04 Å². The molecule has 1 aromatic heterocycles. The molecule has 0 saturated carbocycles. The van der Waals surface area contributed by atoms with Crippen molar-refractivity contribution in [1.29, 1.82) is 0 Å². The summed E-state index contributed by atoms with van der Waals surface area (Å²) in [6, 6.07) is 10.5. The highest BCUT2D eigenvalue weighted by atomic mass is 32.1. The zero-order valence-electron chi connectivity index (χ0n) is 13.3. The molecule has 0 aliphatic rings. The summed E-state index contributed by atoms with van der Waals surface area (Å²) < 4.78 is 6.27. The number of thiophene rings is 1. The fourth-order valence-corrected chi connectivity index (χ4v) is 3.35. The van der Waals surface area contributed by atoms with Gasteiger partial charge in [0.2, 0.25) is 0 Å². The fraction of sp³-hybridized carbons (Fsp3) is 0.444. The van der Waals surface area contributed by atoms with Crippen LogP contribution in [0.1, 0.15) is 55.2 Å². The van der Waals surface area contributed by atoms with Crippen LogP contribution in [0.2, 0.25) is 0 Å². The minimum absolute atomic E-state index is 0.00468. The third-order valence-corrected chi connectivity index (χ3v) is 4.89. The first-order valence-corrected chi connectivity index (χ1v) is 8.47. The molecule has 2 N–H and O–H groups in total. The van der Waals surface area contributed by atoms with Gasteiger partial charge in [-0.25, -0.2) is 0 Å². The average Bonchev–Trinajstić information content (AvgIpc) is 2.90. The first kappa shape index (κ1) is 16.1. The molecule has 1 aromatic carbocycles. The van der Waals surface area contributed by atoms with E-state index in [1.54, 1.807) is 11.3 Å². The molecular weight excluding hydrogens is 278 g/mol. The average molecular weight is 303 g/mol. The summed E-state index contributed by atoms with van der Waals surface area (Å²) in [6.45, 7) is 8.61. The van der Waals surface area contributed by atoms with Crippen LogP contribution in [-0.2, 0) is 0 Å². The molecule has 2 aromatic rings. The van der Waals surface area contributed by atoms with Crippen molar-refractivity contribution < 1.29 is 4.74 Å². The van der Waals surface area contributed by atoms with Crippen LogP contribution in [0.25, 0.3) is 0 Å². The summed E-state index contributed by atoms with van der Waals surface area (Å²) in [4.78, 5) is 1.24. The maximum absolute atomic E-state index is 6.30. The Balaban J connectivity index is 2.27. The highest BCUT2D eigenvalue weighted by Crippen LogP contribution is 2.32. The molecule has 1 heterocycles. The summed E-state index contributed by atoms with van der Waals surface area (Å²) >= 11 is 1.73. The number of aryl methyl sites for hydroxylation is 1. The first-order chi connectivity index (χ1) is 10.0. The molecule has 2 nitrogen and oxygen atoms in total. The molecule has 2 atom stereocenters. The third kappa shape index (κ3) is 3.86. The van der Waals surface area contributed by atoms with E-state index in [0.29, 0.717) is 5.92 Å². The van der Waals surface area contributed by atoms with E-state index >= 15 is 0 Å². The molecular formula is C18H25NOS. The zero-order chi connectivity index (χ0) is 15.4. The van der Waals surface area contributed by atoms with E-state index in [1.807, 2.05) is 6.07 Å². The Morgan fingerprint density at radius 2 is 2.00 bits per heavy atom. The summed E-state index contributed by atoms with van der Waals surface area (Å²) in [5.41, 5.74) is 8.85. The molecule has 0 saturated heterocycles. The maximum Gasteiger partial charge on any atom is 0.148 e. The quantitative estimate of drug-likeness (QED) is 0.811. The van der Waals surface area contributed by atoms with Gasteiger partial charge in [0.25, 0.3) is 0 Å². The molecule has 0 fully saturated rings. The Hall–Kier alpha value is -1.32. The van der Waals surface area contributed by atoms with Crippen LogP contribution in [0, 0.1) is 6.92 Å². The number of benzene rings is 1. The number of nitrogens with two attached hydrogens (primary N) is 1. The summed E-state index contributed by atoms with van der Waals surface area (Å²) in [6.07, 6.45) is 0.823. The van der Waals surface area contributed by atoms with Crippen molar-refractivity contribution in [3.05, 3.63) is 51.7 Å². The highest BCUT2D eigenvalue weighted by Gasteiger charge is 2.23. The van der Waals surface area contributed by atoms with Crippen molar-refractivity contribution in [3.8, 4) is 5.75 Å². The van der Waals surface area contributed by atoms with Crippen molar-refractivity contribution in [2.45, 2.75) is 52.2 Å². The fourth-order valence-electron chi connectivity index (χ4n) is 2.32. The Bertz CT molecular complexity index is 576. The van der Waals surface area contributed by atoms with E-state index in [0.717, 1.165) is 12.2 Å². The van der Waals surface area contributed by atoms with Gasteiger partial charge in [0.15, 0.2) is 0 Å². The van der Waals surface area contributed by atoms with Gasteiger partial charge in [0.1, 0.15) is 11.9 Å². The van der Waals surface area contributed by atoms with Crippen LogP contribution < -0.4 is 10.5 Å². The van der Waals surface area contributed by atoms with E-state index in [1.165, 1.54) is 16.0 Å². The van der Waals surface area contributed by atoms with Crippen LogP contribution in [0.3, 0.4) is 0 Å². The number of ether oxygens (including phenoxy) is 1. The van der Waals surface area contributed by atoms with Crippen molar-refractivity contribution in [2.24, 2.45) is 5.73 Å². The van der Waals surface area contributed by atoms with Crippen LogP contribution >= 0.6 is 11.3 Å². The topological polar surface area (TPSA) is 35.2 Å². The van der Waals surface area contributed by atoms with Gasteiger partial charge in [-0.1, -0.05) is 32.9 Å². The minimum Gasteiger partial charge on any atom is -0.483 e. The first-order valence-electron chi connectivity index (χ1n) is 7.59. The normalized spacial score (nSPS) is 14.2. The lowest BCUT2D eigenvalue weighted by molar-refractivity contribution is 0.174. The van der Waals surface area contributed by atoms with Gasteiger partial charge >= 0.3 is 0 Å². The molecule has 114 valence electrons. The van der Waals surface area contributed by atoms with E-state index in [-0.39, 0.29) is 12.1 Å². The lowest BCUT2D eigenvalue weighted by atomic mass is 10.0. The Morgan fingerprint density at radius 1 is 1.24 bits per heavy atom. The monoisotopic (exact) mass is 303 g/mol. The highest BCUT2D eigenvalue weighted by molar-refractivity contribution is 7.10. The predicted molar refractivity (Wildman–Crippen MR) is 91.2 cm³/mol. The van der Waals surface area contributed by atoms with Gasteiger partial charge in [-0.2, -0.15) is 0 Å². The molecule has 0 spiro atoms. The molecule has 0 bridgehead atoms. The van der Waals surface area contributed by atoms with Gasteiger partial charge in [0, 0.05) is 10.9 Å². The summed E-state index contributed by atoms with van der Waals surface area (Å²) in [7, 11) is 0. The third-order valence-electron chi connectivity index (χ3n) is 3.81. The zero-order valence-corrected chi connectivity index (χ0v) is 14.1. The van der Waals surface area contributed by atoms with Crippen molar-refractivity contribution in [3.63, 3.8) is 0 Å². The Morgan fingerprint density at radius 3 is 2.57 bits per heavy atom. The minimum atomic E-state index is -0.0718. The van der Waals surface area contributed by atoms with Gasteiger partial charge in [0.05, 0.1) is 0 Å². The maximum atomic E-state index is 6.30. The van der Waals surface area contributed by atoms with Crippen molar-refractivity contribution in [1.82, 2.24) is 0 Å². The van der Waals surface area contributed by atoms with E-state index in [4.69, 9.17) is 10.5 Å². The Kier molecular flexibility index (Phi) is 5.43. The van der Waals surface area contributed by atoms with Crippen molar-refractivity contribution in [2.75, 3.05) is 0 Å².